The molecule has 0 atom stereocenters. The number of hydrogen-bond donors (Lipinski definition) is 1. The van der Waals surface area contributed by atoms with E-state index >= 15 is 0 Å². The molecular formula is C20H25BrClNO. The van der Waals surface area contributed by atoms with Gasteiger partial charge in [-0.2, -0.15) is 0 Å². The largest absolute Gasteiger partial charge is 0.489 e. The summed E-state index contributed by atoms with van der Waals surface area (Å²) in [5, 5.41) is 3.67. The van der Waals surface area contributed by atoms with E-state index in [0.717, 1.165) is 16.8 Å². The average molecular weight is 411 g/mol. The predicted octanol–water partition coefficient (Wildman–Crippen LogP) is 5.79. The lowest BCUT2D eigenvalue weighted by atomic mass is 10.1. The molecule has 0 aromatic heterocycles. The normalized spacial score (nSPS) is 14.4. The van der Waals surface area contributed by atoms with Crippen molar-refractivity contribution in [3.63, 3.8) is 0 Å². The van der Waals surface area contributed by atoms with Crippen LogP contribution in [-0.2, 0) is 13.2 Å². The minimum Gasteiger partial charge on any atom is -0.489 e. The number of hydrogen-bond acceptors (Lipinski definition) is 2. The van der Waals surface area contributed by atoms with Crippen molar-refractivity contribution in [2.24, 2.45) is 0 Å². The summed E-state index contributed by atoms with van der Waals surface area (Å²) >= 11 is 3.57. The Bertz CT molecular complexity index is 639. The molecule has 24 heavy (non-hydrogen) atoms. The first kappa shape index (κ1) is 19.3. The van der Waals surface area contributed by atoms with Gasteiger partial charge in [0.25, 0.3) is 0 Å². The lowest BCUT2D eigenvalue weighted by Gasteiger charge is -2.16. The third kappa shape index (κ3) is 5.51. The highest BCUT2D eigenvalue weighted by Crippen LogP contribution is 2.25. The summed E-state index contributed by atoms with van der Waals surface area (Å²) in [5.74, 6) is 0.972. The van der Waals surface area contributed by atoms with Crippen molar-refractivity contribution in [2.75, 3.05) is 0 Å². The Morgan fingerprint density at radius 1 is 1.08 bits per heavy atom. The van der Waals surface area contributed by atoms with Crippen molar-refractivity contribution in [1.82, 2.24) is 5.32 Å². The Kier molecular flexibility index (Phi) is 7.60. The fraction of sp³-hybridized carbons (Fsp3) is 0.400. The lowest BCUT2D eigenvalue weighted by Crippen LogP contribution is -2.25. The molecule has 0 spiro atoms. The van der Waals surface area contributed by atoms with Crippen molar-refractivity contribution in [2.45, 2.75) is 51.8 Å². The Morgan fingerprint density at radius 2 is 1.79 bits per heavy atom. The van der Waals surface area contributed by atoms with Gasteiger partial charge in [0.2, 0.25) is 0 Å². The highest BCUT2D eigenvalue weighted by atomic mass is 79.9. The maximum absolute atomic E-state index is 6.07. The minimum absolute atomic E-state index is 0. The van der Waals surface area contributed by atoms with Gasteiger partial charge in [0, 0.05) is 22.6 Å². The van der Waals surface area contributed by atoms with E-state index < -0.39 is 0 Å². The molecule has 2 aromatic rings. The highest BCUT2D eigenvalue weighted by molar-refractivity contribution is 9.10. The second kappa shape index (κ2) is 9.45. The molecule has 0 radical (unpaired) electrons. The zero-order chi connectivity index (χ0) is 16.1. The smallest absolute Gasteiger partial charge is 0.124 e. The van der Waals surface area contributed by atoms with Crippen LogP contribution in [0.15, 0.2) is 46.9 Å². The number of aryl methyl sites for hydroxylation is 1. The summed E-state index contributed by atoms with van der Waals surface area (Å²) in [6.07, 6.45) is 5.31. The van der Waals surface area contributed by atoms with Crippen LogP contribution in [0, 0.1) is 6.92 Å². The van der Waals surface area contributed by atoms with Crippen molar-refractivity contribution >= 4 is 28.3 Å². The van der Waals surface area contributed by atoms with Gasteiger partial charge in [-0.15, -0.1) is 12.4 Å². The maximum Gasteiger partial charge on any atom is 0.124 e. The molecule has 1 saturated carbocycles. The summed E-state index contributed by atoms with van der Waals surface area (Å²) in [4.78, 5) is 0. The monoisotopic (exact) mass is 409 g/mol. The quantitative estimate of drug-likeness (QED) is 0.650. The van der Waals surface area contributed by atoms with Crippen LogP contribution in [0.1, 0.15) is 42.4 Å². The Labute approximate surface area is 159 Å². The number of rotatable bonds is 6. The number of halogens is 2. The summed E-state index contributed by atoms with van der Waals surface area (Å²) in [6, 6.07) is 15.4. The molecule has 4 heteroatoms. The first-order valence-electron chi connectivity index (χ1n) is 8.41. The van der Waals surface area contributed by atoms with E-state index in [9.17, 15) is 0 Å². The Balaban J connectivity index is 0.00000208. The van der Waals surface area contributed by atoms with Crippen LogP contribution in [0.25, 0.3) is 0 Å². The van der Waals surface area contributed by atoms with E-state index in [4.69, 9.17) is 4.74 Å². The topological polar surface area (TPSA) is 21.3 Å². The molecule has 1 N–H and O–H groups in total. The van der Waals surface area contributed by atoms with Gasteiger partial charge in [0.1, 0.15) is 12.4 Å². The third-order valence-corrected chi connectivity index (χ3v) is 4.97. The SMILES string of the molecule is Cc1ccc(COc2ccc(Br)cc2CNC2CCCC2)cc1.Cl. The summed E-state index contributed by atoms with van der Waals surface area (Å²) in [5.41, 5.74) is 3.70. The van der Waals surface area contributed by atoms with E-state index in [1.807, 2.05) is 6.07 Å². The molecule has 2 aromatic carbocycles. The van der Waals surface area contributed by atoms with E-state index in [2.05, 4.69) is 64.6 Å². The highest BCUT2D eigenvalue weighted by Gasteiger charge is 2.15. The molecule has 0 bridgehead atoms. The van der Waals surface area contributed by atoms with Gasteiger partial charge < -0.3 is 10.1 Å². The number of ether oxygens (including phenoxy) is 1. The Hall–Kier alpha value is -1.03. The molecule has 3 rings (SSSR count). The van der Waals surface area contributed by atoms with Crippen molar-refractivity contribution in [3.05, 3.63) is 63.6 Å². The Morgan fingerprint density at radius 3 is 2.50 bits per heavy atom. The van der Waals surface area contributed by atoms with E-state index in [1.54, 1.807) is 0 Å². The molecule has 0 heterocycles. The predicted molar refractivity (Wildman–Crippen MR) is 106 cm³/mol. The summed E-state index contributed by atoms with van der Waals surface area (Å²) in [6.45, 7) is 3.58. The van der Waals surface area contributed by atoms with Gasteiger partial charge in [0.15, 0.2) is 0 Å². The van der Waals surface area contributed by atoms with Crippen LogP contribution in [0.4, 0.5) is 0 Å². The van der Waals surface area contributed by atoms with Crippen molar-refractivity contribution < 1.29 is 4.74 Å². The van der Waals surface area contributed by atoms with Gasteiger partial charge in [-0.3, -0.25) is 0 Å². The molecular weight excluding hydrogens is 386 g/mol. The first-order chi connectivity index (χ1) is 11.2. The van der Waals surface area contributed by atoms with Gasteiger partial charge in [-0.1, -0.05) is 58.6 Å². The molecule has 130 valence electrons. The van der Waals surface area contributed by atoms with Crippen LogP contribution >= 0.6 is 28.3 Å². The van der Waals surface area contributed by atoms with Gasteiger partial charge in [-0.25, -0.2) is 0 Å². The maximum atomic E-state index is 6.07. The molecule has 1 aliphatic rings. The average Bonchev–Trinajstić information content (AvgIpc) is 3.07. The molecule has 1 aliphatic carbocycles. The van der Waals surface area contributed by atoms with Crippen LogP contribution < -0.4 is 10.1 Å². The summed E-state index contributed by atoms with van der Waals surface area (Å²) in [7, 11) is 0. The van der Waals surface area contributed by atoms with Gasteiger partial charge in [0.05, 0.1) is 0 Å². The first-order valence-corrected chi connectivity index (χ1v) is 9.20. The van der Waals surface area contributed by atoms with Gasteiger partial charge >= 0.3 is 0 Å². The molecule has 0 aliphatic heterocycles. The lowest BCUT2D eigenvalue weighted by molar-refractivity contribution is 0.301. The van der Waals surface area contributed by atoms with E-state index in [-0.39, 0.29) is 12.4 Å². The second-order valence-corrected chi connectivity index (χ2v) is 7.30. The van der Waals surface area contributed by atoms with E-state index in [0.29, 0.717) is 12.6 Å². The van der Waals surface area contributed by atoms with Crippen LogP contribution in [-0.4, -0.2) is 6.04 Å². The second-order valence-electron chi connectivity index (χ2n) is 6.39. The van der Waals surface area contributed by atoms with Crippen molar-refractivity contribution in [1.29, 1.82) is 0 Å². The fourth-order valence-electron chi connectivity index (χ4n) is 3.06. The molecule has 1 fully saturated rings. The van der Waals surface area contributed by atoms with Gasteiger partial charge in [-0.05, 0) is 43.5 Å². The standard InChI is InChI=1S/C20H24BrNO.ClH/c1-15-6-8-16(9-7-15)14-23-20-11-10-18(21)12-17(20)13-22-19-4-2-3-5-19;/h6-12,19,22H,2-5,13-14H2,1H3;1H. The zero-order valence-corrected chi connectivity index (χ0v) is 16.5. The molecule has 0 amide bonds. The molecule has 2 nitrogen and oxygen atoms in total. The fourth-order valence-corrected chi connectivity index (χ4v) is 3.47. The zero-order valence-electron chi connectivity index (χ0n) is 14.1. The summed E-state index contributed by atoms with van der Waals surface area (Å²) < 4.78 is 7.17. The van der Waals surface area contributed by atoms with Crippen molar-refractivity contribution in [3.8, 4) is 5.75 Å². The number of benzene rings is 2. The van der Waals surface area contributed by atoms with Crippen LogP contribution in [0.3, 0.4) is 0 Å². The van der Waals surface area contributed by atoms with Crippen LogP contribution in [0.2, 0.25) is 0 Å². The van der Waals surface area contributed by atoms with Crippen LogP contribution in [0.5, 0.6) is 5.75 Å². The molecule has 0 saturated heterocycles. The third-order valence-electron chi connectivity index (χ3n) is 4.47. The van der Waals surface area contributed by atoms with E-state index in [1.165, 1.54) is 42.4 Å². The molecule has 0 unspecified atom stereocenters. The minimum atomic E-state index is 0. The number of nitrogens with one attached hydrogen (secondary N) is 1.